The lowest BCUT2D eigenvalue weighted by atomic mass is 10.1. The Bertz CT molecular complexity index is 1530. The van der Waals surface area contributed by atoms with Gasteiger partial charge < -0.3 is 29.2 Å². The first-order chi connectivity index (χ1) is 21.6. The number of methoxy groups -OCH3 is 4. The molecule has 3 aromatic carbocycles. The summed E-state index contributed by atoms with van der Waals surface area (Å²) in [4.78, 5) is 28.6. The minimum Gasteiger partial charge on any atom is -0.497 e. The molecule has 0 saturated heterocycles. The largest absolute Gasteiger partial charge is 0.497 e. The molecule has 1 atom stereocenters. The number of nitrogens with zero attached hydrogens (tertiary/aromatic N) is 2. The van der Waals surface area contributed by atoms with Crippen molar-refractivity contribution in [3.63, 3.8) is 0 Å². The molecule has 0 bridgehead atoms. The first-order valence-corrected chi connectivity index (χ1v) is 16.1. The molecule has 1 N–H and O–H groups in total. The summed E-state index contributed by atoms with van der Waals surface area (Å²) in [6.45, 7) is 3.70. The second kappa shape index (κ2) is 16.6. The van der Waals surface area contributed by atoms with E-state index in [1.807, 2.05) is 37.3 Å². The zero-order valence-electron chi connectivity index (χ0n) is 26.7. The van der Waals surface area contributed by atoms with Gasteiger partial charge in [-0.1, -0.05) is 43.7 Å². The topological polar surface area (TPSA) is 124 Å². The Balaban J connectivity index is 2.10. The van der Waals surface area contributed by atoms with Crippen molar-refractivity contribution in [2.45, 2.75) is 44.0 Å². The third-order valence-electron chi connectivity index (χ3n) is 7.36. The fourth-order valence-electron chi connectivity index (χ4n) is 4.72. The number of rotatable bonds is 17. The van der Waals surface area contributed by atoms with Crippen molar-refractivity contribution >= 4 is 27.5 Å². The fraction of sp³-hybridized carbons (Fsp3) is 0.394. The van der Waals surface area contributed by atoms with Crippen LogP contribution in [0.15, 0.2) is 71.6 Å². The second-order valence-electron chi connectivity index (χ2n) is 10.2. The van der Waals surface area contributed by atoms with Crippen molar-refractivity contribution in [2.24, 2.45) is 0 Å². The molecule has 0 unspecified atom stereocenters. The highest BCUT2D eigenvalue weighted by Gasteiger charge is 2.34. The molecule has 45 heavy (non-hydrogen) atoms. The molecule has 0 heterocycles. The van der Waals surface area contributed by atoms with E-state index < -0.39 is 28.5 Å². The van der Waals surface area contributed by atoms with Gasteiger partial charge in [-0.2, -0.15) is 0 Å². The number of amides is 2. The van der Waals surface area contributed by atoms with Crippen LogP contribution in [-0.2, 0) is 26.0 Å². The minimum absolute atomic E-state index is 0.0862. The molecular formula is C33H43N3O8S. The van der Waals surface area contributed by atoms with E-state index in [9.17, 15) is 18.0 Å². The maximum Gasteiger partial charge on any atom is 0.265 e. The lowest BCUT2D eigenvalue weighted by Gasteiger charge is -2.32. The predicted molar refractivity (Wildman–Crippen MR) is 173 cm³/mol. The molecule has 0 spiro atoms. The molecule has 244 valence electrons. The van der Waals surface area contributed by atoms with E-state index in [1.165, 1.54) is 57.6 Å². The van der Waals surface area contributed by atoms with Crippen LogP contribution >= 0.6 is 0 Å². The summed E-state index contributed by atoms with van der Waals surface area (Å²) in [6, 6.07) is 17.5. The maximum absolute atomic E-state index is 14.4. The summed E-state index contributed by atoms with van der Waals surface area (Å²) in [5.41, 5.74) is 1.06. The highest BCUT2D eigenvalue weighted by Crippen LogP contribution is 2.37. The monoisotopic (exact) mass is 641 g/mol. The van der Waals surface area contributed by atoms with Crippen molar-refractivity contribution in [1.82, 2.24) is 10.2 Å². The zero-order chi connectivity index (χ0) is 33.0. The van der Waals surface area contributed by atoms with Crippen molar-refractivity contribution < 1.29 is 37.0 Å². The Kier molecular flexibility index (Phi) is 12.9. The molecule has 12 heteroatoms. The Hall–Kier alpha value is -4.45. The van der Waals surface area contributed by atoms with Crippen molar-refractivity contribution in [1.29, 1.82) is 0 Å². The molecule has 0 aromatic heterocycles. The summed E-state index contributed by atoms with van der Waals surface area (Å²) in [5.74, 6) is 0.206. The SMILES string of the molecule is CCCCNC(=O)[C@H](C)N(CCc1ccccc1)C(=O)CN(c1cc(OC)ccc1OC)S(=O)(=O)c1ccc(OC)c(OC)c1. The molecule has 11 nitrogen and oxygen atoms in total. The number of sulfonamides is 1. The van der Waals surface area contributed by atoms with Gasteiger partial charge in [-0.3, -0.25) is 13.9 Å². The molecule has 0 saturated carbocycles. The molecule has 0 radical (unpaired) electrons. The van der Waals surface area contributed by atoms with Crippen molar-refractivity contribution in [3.8, 4) is 23.0 Å². The number of ether oxygens (including phenoxy) is 4. The lowest BCUT2D eigenvalue weighted by Crippen LogP contribution is -2.52. The first-order valence-electron chi connectivity index (χ1n) is 14.7. The quantitative estimate of drug-likeness (QED) is 0.217. The first kappa shape index (κ1) is 35.0. The van der Waals surface area contributed by atoms with Gasteiger partial charge in [-0.05, 0) is 49.6 Å². The Labute approximate surface area is 266 Å². The summed E-state index contributed by atoms with van der Waals surface area (Å²) >= 11 is 0. The van der Waals surface area contributed by atoms with Gasteiger partial charge in [0.1, 0.15) is 24.1 Å². The zero-order valence-corrected chi connectivity index (χ0v) is 27.6. The van der Waals surface area contributed by atoms with Gasteiger partial charge in [-0.25, -0.2) is 8.42 Å². The van der Waals surface area contributed by atoms with Crippen LogP contribution in [0.25, 0.3) is 0 Å². The number of nitrogens with one attached hydrogen (secondary N) is 1. The maximum atomic E-state index is 14.4. The van der Waals surface area contributed by atoms with Gasteiger partial charge in [0.25, 0.3) is 10.0 Å². The minimum atomic E-state index is -4.41. The molecular weight excluding hydrogens is 598 g/mol. The van der Waals surface area contributed by atoms with Crippen LogP contribution in [0, 0.1) is 0 Å². The smallest absolute Gasteiger partial charge is 0.265 e. The van der Waals surface area contributed by atoms with E-state index in [0.717, 1.165) is 22.7 Å². The lowest BCUT2D eigenvalue weighted by molar-refractivity contribution is -0.138. The van der Waals surface area contributed by atoms with Gasteiger partial charge in [-0.15, -0.1) is 0 Å². The van der Waals surface area contributed by atoms with Crippen LogP contribution in [0.4, 0.5) is 5.69 Å². The average Bonchev–Trinajstić information content (AvgIpc) is 3.06. The molecule has 0 fully saturated rings. The Morgan fingerprint density at radius 2 is 1.51 bits per heavy atom. The van der Waals surface area contributed by atoms with E-state index in [4.69, 9.17) is 18.9 Å². The molecule has 3 rings (SSSR count). The summed E-state index contributed by atoms with van der Waals surface area (Å²) in [7, 11) is 1.29. The van der Waals surface area contributed by atoms with Gasteiger partial charge in [0.2, 0.25) is 11.8 Å². The van der Waals surface area contributed by atoms with Gasteiger partial charge in [0, 0.05) is 25.2 Å². The number of carbonyl (C=O) groups excluding carboxylic acids is 2. The van der Waals surface area contributed by atoms with Gasteiger partial charge in [0.15, 0.2) is 11.5 Å². The van der Waals surface area contributed by atoms with Crippen LogP contribution in [0.3, 0.4) is 0 Å². The van der Waals surface area contributed by atoms with E-state index >= 15 is 0 Å². The molecule has 0 aliphatic carbocycles. The highest BCUT2D eigenvalue weighted by molar-refractivity contribution is 7.92. The molecule has 0 aliphatic rings. The summed E-state index contributed by atoms with van der Waals surface area (Å²) in [6.07, 6.45) is 2.16. The van der Waals surface area contributed by atoms with Crippen LogP contribution in [0.1, 0.15) is 32.3 Å². The highest BCUT2D eigenvalue weighted by atomic mass is 32.2. The Morgan fingerprint density at radius 1 is 0.844 bits per heavy atom. The average molecular weight is 642 g/mol. The number of hydrogen-bond donors (Lipinski definition) is 1. The summed E-state index contributed by atoms with van der Waals surface area (Å²) in [5, 5.41) is 2.89. The number of benzene rings is 3. The molecule has 0 aliphatic heterocycles. The normalized spacial score (nSPS) is 11.7. The Morgan fingerprint density at radius 3 is 2.13 bits per heavy atom. The number of unbranched alkanes of at least 4 members (excludes halogenated alkanes) is 1. The van der Waals surface area contributed by atoms with E-state index in [-0.39, 0.29) is 34.5 Å². The van der Waals surface area contributed by atoms with Gasteiger partial charge >= 0.3 is 0 Å². The standard InChI is InChI=1S/C33H43N3O8S/c1-7-8-19-34-33(38)24(2)35(20-18-25-12-10-9-11-13-25)32(37)23-36(28-21-26(41-3)14-16-29(28)42-4)45(39,40)27-15-17-30(43-5)31(22-27)44-6/h9-17,21-22,24H,7-8,18-20,23H2,1-6H3,(H,34,38)/t24-/m0/s1. The van der Waals surface area contributed by atoms with Crippen LogP contribution in [0.5, 0.6) is 23.0 Å². The molecule has 2 amide bonds. The number of carbonyl (C=O) groups is 2. The number of hydrogen-bond acceptors (Lipinski definition) is 8. The van der Waals surface area contributed by atoms with E-state index in [2.05, 4.69) is 5.32 Å². The van der Waals surface area contributed by atoms with E-state index in [1.54, 1.807) is 19.1 Å². The third-order valence-corrected chi connectivity index (χ3v) is 9.11. The van der Waals surface area contributed by atoms with Gasteiger partial charge in [0.05, 0.1) is 39.0 Å². The van der Waals surface area contributed by atoms with Crippen molar-refractivity contribution in [3.05, 3.63) is 72.3 Å². The summed E-state index contributed by atoms with van der Waals surface area (Å²) < 4.78 is 51.3. The van der Waals surface area contributed by atoms with Crippen molar-refractivity contribution in [2.75, 3.05) is 52.4 Å². The molecule has 3 aromatic rings. The van der Waals surface area contributed by atoms with Crippen LogP contribution < -0.4 is 28.6 Å². The third kappa shape index (κ3) is 8.81. The number of anilines is 1. The van der Waals surface area contributed by atoms with Crippen LogP contribution in [-0.4, -0.2) is 79.2 Å². The van der Waals surface area contributed by atoms with E-state index in [0.29, 0.717) is 24.5 Å². The predicted octanol–water partition coefficient (Wildman–Crippen LogP) is 4.29. The second-order valence-corrected chi connectivity index (χ2v) is 12.1. The fourth-order valence-corrected chi connectivity index (χ4v) is 6.15. The van der Waals surface area contributed by atoms with Crippen LogP contribution in [0.2, 0.25) is 0 Å².